The van der Waals surface area contributed by atoms with Crippen LogP contribution >= 0.6 is 11.3 Å². The second-order valence-electron chi connectivity index (χ2n) is 5.20. The number of likely N-dealkylation sites (tertiary alicyclic amines) is 1. The Balaban J connectivity index is 1.92. The first-order chi connectivity index (χ1) is 10.1. The summed E-state index contributed by atoms with van der Waals surface area (Å²) >= 11 is 1.27. The molecule has 0 aliphatic carbocycles. The van der Waals surface area contributed by atoms with E-state index in [0.29, 0.717) is 16.3 Å². The van der Waals surface area contributed by atoms with Crippen LogP contribution in [0.5, 0.6) is 0 Å². The molecule has 2 aromatic rings. The van der Waals surface area contributed by atoms with Crippen LogP contribution < -0.4 is 5.73 Å². The first-order valence-electron chi connectivity index (χ1n) is 6.95. The van der Waals surface area contributed by atoms with Crippen LogP contribution in [0, 0.1) is 0 Å². The Morgan fingerprint density at radius 2 is 1.95 bits per heavy atom. The Labute approximate surface area is 127 Å². The highest BCUT2D eigenvalue weighted by atomic mass is 32.1. The zero-order valence-electron chi connectivity index (χ0n) is 11.6. The largest absolute Gasteiger partial charge is 0.477 e. The molecule has 0 saturated carbocycles. The third-order valence-corrected chi connectivity index (χ3v) is 4.64. The summed E-state index contributed by atoms with van der Waals surface area (Å²) in [7, 11) is 0. The molecule has 6 heteroatoms. The fourth-order valence-corrected chi connectivity index (χ4v) is 3.51. The van der Waals surface area contributed by atoms with E-state index in [4.69, 9.17) is 5.73 Å². The van der Waals surface area contributed by atoms with Crippen molar-refractivity contribution in [1.82, 2.24) is 9.88 Å². The van der Waals surface area contributed by atoms with Crippen molar-refractivity contribution in [3.63, 3.8) is 0 Å². The summed E-state index contributed by atoms with van der Waals surface area (Å²) in [6.45, 7) is 2.87. The van der Waals surface area contributed by atoms with E-state index >= 15 is 0 Å². The first-order valence-corrected chi connectivity index (χ1v) is 7.76. The average molecular weight is 303 g/mol. The molecular weight excluding hydrogens is 286 g/mol. The van der Waals surface area contributed by atoms with Gasteiger partial charge in [0.2, 0.25) is 0 Å². The second-order valence-corrected chi connectivity index (χ2v) is 6.28. The predicted molar refractivity (Wildman–Crippen MR) is 83.4 cm³/mol. The highest BCUT2D eigenvalue weighted by Gasteiger charge is 2.21. The van der Waals surface area contributed by atoms with Gasteiger partial charge in [0.1, 0.15) is 9.88 Å². The number of hydrogen-bond acceptors (Lipinski definition) is 5. The van der Waals surface area contributed by atoms with E-state index in [1.54, 1.807) is 12.1 Å². The minimum absolute atomic E-state index is 0.300. The van der Waals surface area contributed by atoms with Crippen molar-refractivity contribution in [3.8, 4) is 11.3 Å². The third-order valence-electron chi connectivity index (χ3n) is 3.61. The quantitative estimate of drug-likeness (QED) is 0.849. The van der Waals surface area contributed by atoms with Crippen molar-refractivity contribution in [3.05, 3.63) is 34.2 Å². The smallest absolute Gasteiger partial charge is 0.348 e. The number of rotatable bonds is 4. The van der Waals surface area contributed by atoms with Gasteiger partial charge in [-0.1, -0.05) is 12.1 Å². The van der Waals surface area contributed by atoms with Crippen molar-refractivity contribution in [1.29, 1.82) is 0 Å². The molecule has 3 rings (SSSR count). The third kappa shape index (κ3) is 3.06. The summed E-state index contributed by atoms with van der Waals surface area (Å²) in [6, 6.07) is 7.16. The number of nitrogen functional groups attached to an aromatic ring is 1. The number of nitrogens with two attached hydrogens (primary N) is 1. The van der Waals surface area contributed by atoms with Gasteiger partial charge in [0.25, 0.3) is 0 Å². The fourth-order valence-electron chi connectivity index (χ4n) is 2.55. The van der Waals surface area contributed by atoms with Crippen molar-refractivity contribution in [2.75, 3.05) is 18.8 Å². The molecular formula is C15H17N3O2S. The van der Waals surface area contributed by atoms with E-state index in [2.05, 4.69) is 9.88 Å². The van der Waals surface area contributed by atoms with Gasteiger partial charge in [-0.05, 0) is 38.1 Å². The molecule has 0 radical (unpaired) electrons. The molecule has 1 saturated heterocycles. The van der Waals surface area contributed by atoms with Crippen molar-refractivity contribution in [2.45, 2.75) is 19.4 Å². The highest BCUT2D eigenvalue weighted by Crippen LogP contribution is 2.30. The fraction of sp³-hybridized carbons (Fsp3) is 0.333. The maximum Gasteiger partial charge on any atom is 0.348 e. The van der Waals surface area contributed by atoms with Gasteiger partial charge in [-0.15, -0.1) is 11.3 Å². The lowest BCUT2D eigenvalue weighted by molar-refractivity contribution is 0.0702. The number of benzene rings is 1. The first kappa shape index (κ1) is 14.0. The van der Waals surface area contributed by atoms with Crippen molar-refractivity contribution >= 4 is 23.0 Å². The summed E-state index contributed by atoms with van der Waals surface area (Å²) < 4.78 is 0. The van der Waals surface area contributed by atoms with Crippen molar-refractivity contribution < 1.29 is 9.90 Å². The molecule has 21 heavy (non-hydrogen) atoms. The number of thiazole rings is 1. The molecule has 2 heterocycles. The standard InChI is InChI=1S/C15H17N3O2S/c16-11-5-3-10(4-6-11)13-14(15(19)20)21-12(17-13)9-18-7-1-2-8-18/h3-6H,1-2,7-9,16H2,(H,19,20). The number of carbonyl (C=O) groups is 1. The van der Waals surface area contributed by atoms with E-state index < -0.39 is 5.97 Å². The van der Waals surface area contributed by atoms with Crippen LogP contribution in [0.3, 0.4) is 0 Å². The number of carboxylic acids is 1. The van der Waals surface area contributed by atoms with Gasteiger partial charge in [0.15, 0.2) is 0 Å². The lowest BCUT2D eigenvalue weighted by atomic mass is 10.1. The number of aromatic nitrogens is 1. The molecule has 110 valence electrons. The minimum atomic E-state index is -0.924. The molecule has 0 spiro atoms. The Hall–Kier alpha value is -1.92. The lowest BCUT2D eigenvalue weighted by Gasteiger charge is -2.11. The van der Waals surface area contributed by atoms with Crippen LogP contribution in [-0.4, -0.2) is 34.0 Å². The molecule has 5 nitrogen and oxygen atoms in total. The number of aromatic carboxylic acids is 1. The second kappa shape index (κ2) is 5.83. The zero-order valence-corrected chi connectivity index (χ0v) is 12.4. The minimum Gasteiger partial charge on any atom is -0.477 e. The van der Waals surface area contributed by atoms with Crippen LogP contribution in [0.15, 0.2) is 24.3 Å². The van der Waals surface area contributed by atoms with Crippen LogP contribution in [0.2, 0.25) is 0 Å². The highest BCUT2D eigenvalue weighted by molar-refractivity contribution is 7.14. The SMILES string of the molecule is Nc1ccc(-c2nc(CN3CCCC3)sc2C(=O)O)cc1. The van der Waals surface area contributed by atoms with E-state index in [0.717, 1.165) is 30.2 Å². The number of carboxylic acid groups (broad SMARTS) is 1. The van der Waals surface area contributed by atoms with E-state index in [9.17, 15) is 9.90 Å². The summed E-state index contributed by atoms with van der Waals surface area (Å²) in [6.07, 6.45) is 2.42. The van der Waals surface area contributed by atoms with Gasteiger partial charge in [-0.3, -0.25) is 4.90 Å². The Bertz CT molecular complexity index is 645. The van der Waals surface area contributed by atoms with Gasteiger partial charge in [0.05, 0.1) is 12.2 Å². The van der Waals surface area contributed by atoms with Crippen LogP contribution in [0.4, 0.5) is 5.69 Å². The summed E-state index contributed by atoms with van der Waals surface area (Å²) in [4.78, 5) is 18.6. The van der Waals surface area contributed by atoms with Crippen LogP contribution in [0.1, 0.15) is 27.5 Å². The van der Waals surface area contributed by atoms with E-state index in [-0.39, 0.29) is 0 Å². The predicted octanol–water partition coefficient (Wildman–Crippen LogP) is 2.69. The van der Waals surface area contributed by atoms with E-state index in [1.807, 2.05) is 12.1 Å². The van der Waals surface area contributed by atoms with E-state index in [1.165, 1.54) is 24.2 Å². The summed E-state index contributed by atoms with van der Waals surface area (Å²) in [5.41, 5.74) is 7.67. The Kier molecular flexibility index (Phi) is 3.90. The van der Waals surface area contributed by atoms with Crippen molar-refractivity contribution in [2.24, 2.45) is 0 Å². The molecule has 3 N–H and O–H groups in total. The number of nitrogens with zero attached hydrogens (tertiary/aromatic N) is 2. The van der Waals surface area contributed by atoms with Crippen LogP contribution in [-0.2, 0) is 6.54 Å². The maximum atomic E-state index is 11.4. The monoisotopic (exact) mass is 303 g/mol. The van der Waals surface area contributed by atoms with Gasteiger partial charge in [-0.2, -0.15) is 0 Å². The number of anilines is 1. The average Bonchev–Trinajstić information content (AvgIpc) is 3.10. The van der Waals surface area contributed by atoms with Gasteiger partial charge < -0.3 is 10.8 Å². The Morgan fingerprint density at radius 1 is 1.29 bits per heavy atom. The molecule has 1 aromatic heterocycles. The molecule has 1 aliphatic heterocycles. The molecule has 1 fully saturated rings. The number of hydrogen-bond donors (Lipinski definition) is 2. The molecule has 0 atom stereocenters. The molecule has 1 aliphatic rings. The molecule has 1 aromatic carbocycles. The Morgan fingerprint density at radius 3 is 2.57 bits per heavy atom. The van der Waals surface area contributed by atoms with Crippen LogP contribution in [0.25, 0.3) is 11.3 Å². The normalized spacial score (nSPS) is 15.4. The van der Waals surface area contributed by atoms with Gasteiger partial charge >= 0.3 is 5.97 Å². The lowest BCUT2D eigenvalue weighted by Crippen LogP contribution is -2.18. The molecule has 0 unspecified atom stereocenters. The van der Waals surface area contributed by atoms with Gasteiger partial charge in [-0.25, -0.2) is 9.78 Å². The topological polar surface area (TPSA) is 79.5 Å². The molecule has 0 bridgehead atoms. The maximum absolute atomic E-state index is 11.4. The summed E-state index contributed by atoms with van der Waals surface area (Å²) in [5, 5.41) is 10.3. The summed E-state index contributed by atoms with van der Waals surface area (Å²) in [5.74, 6) is -0.924. The van der Waals surface area contributed by atoms with Gasteiger partial charge in [0, 0.05) is 11.3 Å². The zero-order chi connectivity index (χ0) is 14.8. The molecule has 0 amide bonds.